The number of nitrogens with two attached hydrogens (primary N) is 1. The van der Waals surface area contributed by atoms with Crippen molar-refractivity contribution >= 4 is 15.9 Å². The fourth-order valence-corrected chi connectivity index (χ4v) is 3.25. The van der Waals surface area contributed by atoms with Crippen molar-refractivity contribution < 1.29 is 9.50 Å². The van der Waals surface area contributed by atoms with Crippen LogP contribution in [0, 0.1) is 11.2 Å². The molecule has 2 rings (SSSR count). The molecule has 2 atom stereocenters. The summed E-state index contributed by atoms with van der Waals surface area (Å²) in [6.07, 6.45) is 4.08. The minimum absolute atomic E-state index is 0.245. The molecule has 0 aliphatic heterocycles. The zero-order valence-electron chi connectivity index (χ0n) is 10.3. The molecule has 1 aromatic rings. The summed E-state index contributed by atoms with van der Waals surface area (Å²) in [6.45, 7) is 0.442. The first kappa shape index (κ1) is 14.0. The van der Waals surface area contributed by atoms with E-state index in [0.717, 1.165) is 35.7 Å². The Morgan fingerprint density at radius 3 is 2.89 bits per heavy atom. The smallest absolute Gasteiger partial charge is 0.123 e. The Labute approximate surface area is 116 Å². The lowest BCUT2D eigenvalue weighted by molar-refractivity contribution is -0.00598. The molecular weight excluding hydrogens is 297 g/mol. The number of benzene rings is 1. The van der Waals surface area contributed by atoms with Crippen LogP contribution in [0.5, 0.6) is 0 Å². The zero-order valence-corrected chi connectivity index (χ0v) is 11.9. The number of halogens is 2. The number of rotatable bonds is 3. The maximum Gasteiger partial charge on any atom is 0.123 e. The van der Waals surface area contributed by atoms with Gasteiger partial charge in [-0.05, 0) is 43.0 Å². The van der Waals surface area contributed by atoms with Crippen LogP contribution in [0.25, 0.3) is 0 Å². The van der Waals surface area contributed by atoms with E-state index < -0.39 is 0 Å². The molecule has 0 spiro atoms. The van der Waals surface area contributed by atoms with Gasteiger partial charge < -0.3 is 10.8 Å². The van der Waals surface area contributed by atoms with Gasteiger partial charge in [-0.15, -0.1) is 0 Å². The van der Waals surface area contributed by atoms with E-state index in [2.05, 4.69) is 15.9 Å². The fourth-order valence-electron chi connectivity index (χ4n) is 2.86. The molecule has 2 nitrogen and oxygen atoms in total. The van der Waals surface area contributed by atoms with Gasteiger partial charge in [0.25, 0.3) is 0 Å². The molecule has 0 aromatic heterocycles. The van der Waals surface area contributed by atoms with Gasteiger partial charge in [-0.2, -0.15) is 0 Å². The zero-order chi connectivity index (χ0) is 13.2. The van der Waals surface area contributed by atoms with Crippen molar-refractivity contribution in [1.29, 1.82) is 0 Å². The highest BCUT2D eigenvalue weighted by atomic mass is 79.9. The molecule has 18 heavy (non-hydrogen) atoms. The second-order valence-electron chi connectivity index (χ2n) is 5.24. The second kappa shape index (κ2) is 5.68. The lowest BCUT2D eigenvalue weighted by Crippen LogP contribution is -2.45. The first-order valence-corrected chi connectivity index (χ1v) is 7.19. The summed E-state index contributed by atoms with van der Waals surface area (Å²) in [7, 11) is 0. The van der Waals surface area contributed by atoms with Gasteiger partial charge in [-0.3, -0.25) is 0 Å². The van der Waals surface area contributed by atoms with E-state index in [9.17, 15) is 9.50 Å². The Balaban J connectivity index is 2.26. The molecule has 0 radical (unpaired) electrons. The Bertz CT molecular complexity index is 426. The molecule has 3 N–H and O–H groups in total. The highest BCUT2D eigenvalue weighted by Gasteiger charge is 2.39. The molecule has 0 amide bonds. The summed E-state index contributed by atoms with van der Waals surface area (Å²) >= 11 is 3.44. The molecule has 2 unspecified atom stereocenters. The van der Waals surface area contributed by atoms with Crippen LogP contribution in [0.4, 0.5) is 4.39 Å². The van der Waals surface area contributed by atoms with Gasteiger partial charge in [0.15, 0.2) is 0 Å². The molecule has 1 saturated carbocycles. The molecular formula is C14H19BrFNO. The molecule has 0 bridgehead atoms. The predicted octanol–water partition coefficient (Wildman–Crippen LogP) is 3.01. The molecule has 100 valence electrons. The summed E-state index contributed by atoms with van der Waals surface area (Å²) < 4.78 is 14.2. The Morgan fingerprint density at radius 2 is 2.22 bits per heavy atom. The third kappa shape index (κ3) is 2.76. The van der Waals surface area contributed by atoms with E-state index in [1.54, 1.807) is 6.07 Å². The van der Waals surface area contributed by atoms with Crippen LogP contribution in [-0.2, 0) is 6.42 Å². The monoisotopic (exact) mass is 315 g/mol. The number of aliphatic hydroxyl groups excluding tert-OH is 1. The van der Waals surface area contributed by atoms with Gasteiger partial charge in [0, 0.05) is 16.4 Å². The maximum atomic E-state index is 13.3. The first-order chi connectivity index (χ1) is 8.57. The molecule has 1 fully saturated rings. The summed E-state index contributed by atoms with van der Waals surface area (Å²) in [4.78, 5) is 0. The summed E-state index contributed by atoms with van der Waals surface area (Å²) in [5.41, 5.74) is 6.49. The topological polar surface area (TPSA) is 46.2 Å². The van der Waals surface area contributed by atoms with Crippen LogP contribution in [0.1, 0.15) is 31.2 Å². The Kier molecular flexibility index (Phi) is 4.41. The van der Waals surface area contributed by atoms with Crippen molar-refractivity contribution in [2.24, 2.45) is 11.1 Å². The molecule has 0 heterocycles. The van der Waals surface area contributed by atoms with Gasteiger partial charge in [0.1, 0.15) is 5.82 Å². The van der Waals surface area contributed by atoms with Crippen molar-refractivity contribution in [1.82, 2.24) is 0 Å². The van der Waals surface area contributed by atoms with E-state index in [0.29, 0.717) is 13.0 Å². The molecule has 1 aliphatic carbocycles. The number of aliphatic hydroxyl groups is 1. The van der Waals surface area contributed by atoms with Crippen LogP contribution in [0.2, 0.25) is 0 Å². The van der Waals surface area contributed by atoms with E-state index in [1.807, 2.05) is 0 Å². The van der Waals surface area contributed by atoms with E-state index in [1.165, 1.54) is 12.1 Å². The third-order valence-corrected chi connectivity index (χ3v) is 4.84. The van der Waals surface area contributed by atoms with Gasteiger partial charge >= 0.3 is 0 Å². The lowest BCUT2D eigenvalue weighted by Gasteiger charge is -2.41. The molecule has 0 saturated heterocycles. The average molecular weight is 316 g/mol. The van der Waals surface area contributed by atoms with E-state index in [4.69, 9.17) is 5.73 Å². The van der Waals surface area contributed by atoms with Crippen molar-refractivity contribution in [3.8, 4) is 0 Å². The lowest BCUT2D eigenvalue weighted by atomic mass is 9.68. The van der Waals surface area contributed by atoms with Crippen LogP contribution in [0.15, 0.2) is 22.7 Å². The van der Waals surface area contributed by atoms with Crippen molar-refractivity contribution in [2.45, 2.75) is 38.2 Å². The number of hydrogen-bond acceptors (Lipinski definition) is 2. The van der Waals surface area contributed by atoms with Crippen molar-refractivity contribution in [3.63, 3.8) is 0 Å². The quantitative estimate of drug-likeness (QED) is 0.900. The minimum atomic E-state index is -0.383. The Morgan fingerprint density at radius 1 is 1.44 bits per heavy atom. The molecule has 1 aromatic carbocycles. The molecule has 1 aliphatic rings. The van der Waals surface area contributed by atoms with Gasteiger partial charge in [-0.25, -0.2) is 4.39 Å². The highest BCUT2D eigenvalue weighted by molar-refractivity contribution is 9.10. The predicted molar refractivity (Wildman–Crippen MR) is 73.8 cm³/mol. The number of hydrogen-bond donors (Lipinski definition) is 2. The van der Waals surface area contributed by atoms with E-state index >= 15 is 0 Å². The van der Waals surface area contributed by atoms with Gasteiger partial charge in [-0.1, -0.05) is 28.8 Å². The Hall–Kier alpha value is -0.450. The minimum Gasteiger partial charge on any atom is -0.392 e. The maximum absolute atomic E-state index is 13.3. The SMILES string of the molecule is NCC1(Cc2cc(F)ccc2Br)CCCCC1O. The summed E-state index contributed by atoms with van der Waals surface area (Å²) in [6, 6.07) is 4.67. The van der Waals surface area contributed by atoms with Crippen LogP contribution < -0.4 is 5.73 Å². The summed E-state index contributed by atoms with van der Waals surface area (Å²) in [5.74, 6) is -0.245. The van der Waals surface area contributed by atoms with Gasteiger partial charge in [0.2, 0.25) is 0 Å². The second-order valence-corrected chi connectivity index (χ2v) is 6.09. The standard InChI is InChI=1S/C14H19BrFNO/c15-12-5-4-11(16)7-10(12)8-14(9-17)6-2-1-3-13(14)18/h4-5,7,13,18H,1-3,6,8-9,17H2. The first-order valence-electron chi connectivity index (χ1n) is 6.39. The summed E-state index contributed by atoms with van der Waals surface area (Å²) in [5, 5.41) is 10.3. The highest BCUT2D eigenvalue weighted by Crippen LogP contribution is 2.40. The van der Waals surface area contributed by atoms with Crippen LogP contribution >= 0.6 is 15.9 Å². The third-order valence-electron chi connectivity index (χ3n) is 4.07. The fraction of sp³-hybridized carbons (Fsp3) is 0.571. The molecule has 4 heteroatoms. The van der Waals surface area contributed by atoms with Crippen molar-refractivity contribution in [3.05, 3.63) is 34.1 Å². The van der Waals surface area contributed by atoms with E-state index in [-0.39, 0.29) is 17.3 Å². The van der Waals surface area contributed by atoms with Crippen molar-refractivity contribution in [2.75, 3.05) is 6.54 Å². The van der Waals surface area contributed by atoms with Crippen LogP contribution in [-0.4, -0.2) is 17.8 Å². The average Bonchev–Trinajstić information content (AvgIpc) is 2.37. The normalized spacial score (nSPS) is 28.3. The van der Waals surface area contributed by atoms with Gasteiger partial charge in [0.05, 0.1) is 6.10 Å². The van der Waals surface area contributed by atoms with Crippen LogP contribution in [0.3, 0.4) is 0 Å². The largest absolute Gasteiger partial charge is 0.392 e.